The monoisotopic (exact) mass is 432 g/mol. The van der Waals surface area contributed by atoms with Crippen LogP contribution in [0.5, 0.6) is 0 Å². The van der Waals surface area contributed by atoms with Crippen LogP contribution < -0.4 is 0 Å². The molecule has 162 valence electrons. The molecular weight excluding hydrogens is 404 g/mol. The molecule has 0 aromatic carbocycles. The van der Waals surface area contributed by atoms with Crippen molar-refractivity contribution < 1.29 is 13.2 Å². The second-order valence-corrected chi connectivity index (χ2v) is 9.92. The Morgan fingerprint density at radius 1 is 1.07 bits per heavy atom. The quantitative estimate of drug-likeness (QED) is 0.733. The van der Waals surface area contributed by atoms with E-state index < -0.39 is 16.1 Å². The van der Waals surface area contributed by atoms with Gasteiger partial charge in [-0.3, -0.25) is 4.79 Å². The molecule has 2 aliphatic heterocycles. The van der Waals surface area contributed by atoms with Crippen molar-refractivity contribution in [3.63, 3.8) is 0 Å². The summed E-state index contributed by atoms with van der Waals surface area (Å²) in [5, 5.41) is 0.0329. The third-order valence-electron chi connectivity index (χ3n) is 5.88. The number of aromatic nitrogens is 4. The molecule has 10 heteroatoms. The Bertz CT molecular complexity index is 1030. The highest BCUT2D eigenvalue weighted by molar-refractivity contribution is 7.89. The maximum atomic E-state index is 13.2. The molecule has 2 aromatic rings. The molecule has 0 radical (unpaired) electrons. The number of likely N-dealkylation sites (tertiary alicyclic amines) is 1. The highest BCUT2D eigenvalue weighted by Crippen LogP contribution is 2.33. The van der Waals surface area contributed by atoms with Crippen molar-refractivity contribution in [1.29, 1.82) is 0 Å². The number of hydrogen-bond acceptors (Lipinski definition) is 6. The third kappa shape index (κ3) is 3.98. The number of carbonyl (C=O) groups excluding carboxylic acids is 1. The molecule has 4 heterocycles. The van der Waals surface area contributed by atoms with E-state index in [-0.39, 0.29) is 10.9 Å². The van der Waals surface area contributed by atoms with Crippen molar-refractivity contribution in [2.24, 2.45) is 7.05 Å². The predicted octanol–water partition coefficient (Wildman–Crippen LogP) is 2.06. The van der Waals surface area contributed by atoms with E-state index in [1.807, 2.05) is 4.90 Å². The Kier molecular flexibility index (Phi) is 5.88. The summed E-state index contributed by atoms with van der Waals surface area (Å²) in [5.41, 5.74) is 1.09. The molecule has 0 bridgehead atoms. The normalized spacial score (nSPS) is 21.0. The molecule has 4 rings (SSSR count). The minimum atomic E-state index is -3.75. The van der Waals surface area contributed by atoms with Crippen molar-refractivity contribution >= 4 is 15.9 Å². The molecule has 0 spiro atoms. The first kappa shape index (κ1) is 20.9. The Morgan fingerprint density at radius 2 is 1.80 bits per heavy atom. The molecule has 0 aliphatic carbocycles. The number of carbonyl (C=O) groups is 1. The van der Waals surface area contributed by atoms with Crippen LogP contribution in [-0.2, 0) is 17.1 Å². The zero-order valence-electron chi connectivity index (χ0n) is 17.5. The lowest BCUT2D eigenvalue weighted by molar-refractivity contribution is 0.0722. The number of piperidine rings is 2. The Labute approximate surface area is 177 Å². The van der Waals surface area contributed by atoms with Crippen molar-refractivity contribution in [2.45, 2.75) is 56.5 Å². The van der Waals surface area contributed by atoms with Crippen LogP contribution in [-0.4, -0.2) is 62.7 Å². The van der Waals surface area contributed by atoms with Crippen molar-refractivity contribution in [3.05, 3.63) is 35.8 Å². The van der Waals surface area contributed by atoms with Gasteiger partial charge in [0.1, 0.15) is 5.82 Å². The van der Waals surface area contributed by atoms with Crippen molar-refractivity contribution in [1.82, 2.24) is 28.7 Å². The first-order valence-corrected chi connectivity index (χ1v) is 11.9. The molecule has 0 unspecified atom stereocenters. The summed E-state index contributed by atoms with van der Waals surface area (Å²) in [6, 6.07) is -0.455. The highest BCUT2D eigenvalue weighted by atomic mass is 32.2. The summed E-state index contributed by atoms with van der Waals surface area (Å²) in [7, 11) is -2.01. The summed E-state index contributed by atoms with van der Waals surface area (Å²) < 4.78 is 29.4. The van der Waals surface area contributed by atoms with Gasteiger partial charge in [0.15, 0.2) is 5.03 Å². The fourth-order valence-electron chi connectivity index (χ4n) is 4.22. The molecule has 1 atom stereocenters. The van der Waals surface area contributed by atoms with Gasteiger partial charge in [-0.2, -0.15) is 4.31 Å². The van der Waals surface area contributed by atoms with E-state index in [1.165, 1.54) is 16.8 Å². The number of aryl methyl sites for hydroxylation is 2. The van der Waals surface area contributed by atoms with E-state index in [0.29, 0.717) is 30.0 Å². The smallest absolute Gasteiger partial charge is 0.262 e. The van der Waals surface area contributed by atoms with Crippen LogP contribution in [0, 0.1) is 6.92 Å². The van der Waals surface area contributed by atoms with E-state index in [4.69, 9.17) is 0 Å². The van der Waals surface area contributed by atoms with E-state index in [0.717, 1.165) is 45.2 Å². The molecule has 2 saturated heterocycles. The third-order valence-corrected chi connectivity index (χ3v) is 7.67. The lowest BCUT2D eigenvalue weighted by Crippen LogP contribution is -2.40. The number of hydrogen-bond donors (Lipinski definition) is 0. The largest absolute Gasteiger partial charge is 0.339 e. The van der Waals surface area contributed by atoms with Crippen molar-refractivity contribution in [3.8, 4) is 0 Å². The predicted molar refractivity (Wildman–Crippen MR) is 110 cm³/mol. The average Bonchev–Trinajstić information content (AvgIpc) is 3.21. The lowest BCUT2D eigenvalue weighted by atomic mass is 10.0. The second kappa shape index (κ2) is 8.43. The fourth-order valence-corrected chi connectivity index (χ4v) is 5.84. The SMILES string of the molecule is Cc1nc([C@@H]2CCCCN2S(=O)(=O)c2cn(C)cn2)ncc1C(=O)N1CCCCC1. The standard InChI is InChI=1S/C20H28N6O3S/c1-15-16(20(27)25-9-5-3-6-10-25)12-21-19(23-15)17-8-4-7-11-26(17)30(28,29)18-13-24(2)14-22-18/h12-14,17H,3-11H2,1-2H3/t17-/m0/s1. The zero-order chi connectivity index (χ0) is 21.3. The number of nitrogens with zero attached hydrogens (tertiary/aromatic N) is 6. The number of rotatable bonds is 4. The van der Waals surface area contributed by atoms with Crippen LogP contribution in [0.1, 0.15) is 66.4 Å². The summed E-state index contributed by atoms with van der Waals surface area (Å²) in [6.07, 6.45) is 10.1. The maximum Gasteiger partial charge on any atom is 0.262 e. The molecule has 1 amide bonds. The van der Waals surface area contributed by atoms with Gasteiger partial charge < -0.3 is 9.47 Å². The molecule has 2 aliphatic rings. The molecule has 2 fully saturated rings. The summed E-state index contributed by atoms with van der Waals surface area (Å²) in [5.74, 6) is 0.405. The highest BCUT2D eigenvalue weighted by Gasteiger charge is 2.37. The topological polar surface area (TPSA) is 101 Å². The number of sulfonamides is 1. The van der Waals surface area contributed by atoms with Gasteiger partial charge in [-0.1, -0.05) is 6.42 Å². The van der Waals surface area contributed by atoms with Crippen LogP contribution in [0.15, 0.2) is 23.7 Å². The number of amides is 1. The maximum absolute atomic E-state index is 13.2. The van der Waals surface area contributed by atoms with Gasteiger partial charge in [0, 0.05) is 39.1 Å². The first-order chi connectivity index (χ1) is 14.4. The van der Waals surface area contributed by atoms with Gasteiger partial charge in [0.2, 0.25) is 0 Å². The van der Waals surface area contributed by atoms with Crippen LogP contribution in [0.2, 0.25) is 0 Å². The Balaban J connectivity index is 1.61. The molecular formula is C20H28N6O3S. The number of imidazole rings is 1. The van der Waals surface area contributed by atoms with Crippen LogP contribution in [0.4, 0.5) is 0 Å². The van der Waals surface area contributed by atoms with E-state index in [2.05, 4.69) is 15.0 Å². The minimum absolute atomic E-state index is 0.0329. The van der Waals surface area contributed by atoms with E-state index in [1.54, 1.807) is 24.7 Å². The van der Waals surface area contributed by atoms with Crippen LogP contribution in [0.3, 0.4) is 0 Å². The minimum Gasteiger partial charge on any atom is -0.339 e. The Morgan fingerprint density at radius 3 is 2.47 bits per heavy atom. The fraction of sp³-hybridized carbons (Fsp3) is 0.600. The summed E-state index contributed by atoms with van der Waals surface area (Å²) in [4.78, 5) is 27.8. The summed E-state index contributed by atoms with van der Waals surface area (Å²) in [6.45, 7) is 3.72. The summed E-state index contributed by atoms with van der Waals surface area (Å²) >= 11 is 0. The lowest BCUT2D eigenvalue weighted by Gasteiger charge is -2.33. The molecule has 9 nitrogen and oxygen atoms in total. The molecule has 0 saturated carbocycles. The molecule has 2 aromatic heterocycles. The van der Waals surface area contributed by atoms with Gasteiger partial charge >= 0.3 is 0 Å². The van der Waals surface area contributed by atoms with Gasteiger partial charge in [-0.25, -0.2) is 23.4 Å². The van der Waals surface area contributed by atoms with Crippen molar-refractivity contribution in [2.75, 3.05) is 19.6 Å². The first-order valence-electron chi connectivity index (χ1n) is 10.5. The van der Waals surface area contributed by atoms with Gasteiger partial charge in [0.25, 0.3) is 15.9 Å². The Hall–Kier alpha value is -2.33. The zero-order valence-corrected chi connectivity index (χ0v) is 18.3. The van der Waals surface area contributed by atoms with Gasteiger partial charge in [-0.15, -0.1) is 0 Å². The van der Waals surface area contributed by atoms with Crippen LogP contribution in [0.25, 0.3) is 0 Å². The van der Waals surface area contributed by atoms with Gasteiger partial charge in [-0.05, 0) is 39.0 Å². The molecule has 30 heavy (non-hydrogen) atoms. The van der Waals surface area contributed by atoms with Gasteiger partial charge in [0.05, 0.1) is 23.6 Å². The van der Waals surface area contributed by atoms with E-state index >= 15 is 0 Å². The second-order valence-electron chi connectivity index (χ2n) is 8.08. The van der Waals surface area contributed by atoms with Crippen LogP contribution >= 0.6 is 0 Å². The van der Waals surface area contributed by atoms with E-state index in [9.17, 15) is 13.2 Å². The molecule has 0 N–H and O–H groups in total. The average molecular weight is 433 g/mol.